The second-order valence-electron chi connectivity index (χ2n) is 11.2. The van der Waals surface area contributed by atoms with Crippen LogP contribution in [-0.4, -0.2) is 71.5 Å². The average molecular weight is 575 g/mol. The molecule has 0 saturated heterocycles. The topological polar surface area (TPSA) is 99.1 Å². The summed E-state index contributed by atoms with van der Waals surface area (Å²) in [5.41, 5.74) is 1.50. The molecular formula is C32H44F2N2O5. The van der Waals surface area contributed by atoms with Crippen LogP contribution in [0.1, 0.15) is 84.2 Å². The number of hydrogen-bond donors (Lipinski definition) is 3. The zero-order valence-corrected chi connectivity index (χ0v) is 24.4. The van der Waals surface area contributed by atoms with Crippen molar-refractivity contribution in [1.29, 1.82) is 0 Å². The first-order valence-electron chi connectivity index (χ1n) is 14.7. The Bertz CT molecular complexity index is 1130. The molecule has 2 aromatic carbocycles. The molecule has 2 amide bonds. The first-order valence-corrected chi connectivity index (χ1v) is 14.7. The Balaban J connectivity index is 1.80. The minimum Gasteiger partial charge on any atom is -0.388 e. The lowest BCUT2D eigenvalue weighted by Crippen LogP contribution is -2.51. The van der Waals surface area contributed by atoms with Gasteiger partial charge in [0.05, 0.1) is 12.6 Å². The normalized spacial score (nSPS) is 15.9. The number of nitrogens with zero attached hydrogens (tertiary/aromatic N) is 1. The summed E-state index contributed by atoms with van der Waals surface area (Å²) in [4.78, 5) is 28.4. The van der Waals surface area contributed by atoms with Crippen molar-refractivity contribution in [2.24, 2.45) is 5.92 Å². The van der Waals surface area contributed by atoms with Gasteiger partial charge < -0.3 is 25.2 Å². The Labute approximate surface area is 241 Å². The molecule has 1 fully saturated rings. The maximum atomic E-state index is 13.9. The summed E-state index contributed by atoms with van der Waals surface area (Å²) in [6, 6.07) is 6.76. The summed E-state index contributed by atoms with van der Waals surface area (Å²) in [7, 11) is 0. The molecule has 1 aliphatic rings. The number of hydrogen-bond acceptors (Lipinski definition) is 5. The second-order valence-corrected chi connectivity index (χ2v) is 11.2. The zero-order valence-electron chi connectivity index (χ0n) is 24.4. The summed E-state index contributed by atoms with van der Waals surface area (Å²) in [6.45, 7) is 7.30. The van der Waals surface area contributed by atoms with Crippen LogP contribution in [0, 0.1) is 24.5 Å². The summed E-state index contributed by atoms with van der Waals surface area (Å²) in [5, 5.41) is 24.5. The van der Waals surface area contributed by atoms with E-state index < -0.39 is 35.8 Å². The summed E-state index contributed by atoms with van der Waals surface area (Å²) < 4.78 is 33.5. The lowest BCUT2D eigenvalue weighted by atomic mass is 9.96. The van der Waals surface area contributed by atoms with Crippen molar-refractivity contribution in [2.45, 2.75) is 84.0 Å². The molecule has 0 radical (unpaired) electrons. The summed E-state index contributed by atoms with van der Waals surface area (Å²) in [5.74, 6) is -1.90. The van der Waals surface area contributed by atoms with Crippen LogP contribution < -0.4 is 5.32 Å². The Hall–Kier alpha value is -2.88. The van der Waals surface area contributed by atoms with Gasteiger partial charge in [-0.15, -0.1) is 0 Å². The predicted molar refractivity (Wildman–Crippen MR) is 154 cm³/mol. The lowest BCUT2D eigenvalue weighted by molar-refractivity contribution is -0.0557. The third-order valence-corrected chi connectivity index (χ3v) is 7.48. The molecule has 3 atom stereocenters. The fourth-order valence-electron chi connectivity index (χ4n) is 5.47. The molecule has 1 aliphatic carbocycles. The monoisotopic (exact) mass is 574 g/mol. The van der Waals surface area contributed by atoms with Crippen LogP contribution in [0.3, 0.4) is 0 Å². The van der Waals surface area contributed by atoms with E-state index in [4.69, 9.17) is 4.74 Å². The number of aryl methyl sites for hydroxylation is 1. The van der Waals surface area contributed by atoms with Crippen LogP contribution in [0.2, 0.25) is 0 Å². The molecule has 0 bridgehead atoms. The Morgan fingerprint density at radius 1 is 0.976 bits per heavy atom. The number of halogens is 2. The molecule has 0 aliphatic heterocycles. The SMILES string of the molecule is CCCN(CCC)C(=O)c1cc(C)cc(C(=O)N[C@@H](Cc2cc(F)cc(F)c2)C(O)[C@H](O)COCC2CCCC2)c1. The van der Waals surface area contributed by atoms with Crippen molar-refractivity contribution >= 4 is 11.8 Å². The molecule has 3 N–H and O–H groups in total. The van der Waals surface area contributed by atoms with E-state index in [0.29, 0.717) is 36.7 Å². The van der Waals surface area contributed by atoms with Crippen molar-refractivity contribution < 1.29 is 33.3 Å². The highest BCUT2D eigenvalue weighted by Crippen LogP contribution is 2.25. The van der Waals surface area contributed by atoms with Crippen molar-refractivity contribution in [3.63, 3.8) is 0 Å². The molecule has 226 valence electrons. The molecule has 0 spiro atoms. The third kappa shape index (κ3) is 9.87. The van der Waals surface area contributed by atoms with Crippen molar-refractivity contribution in [2.75, 3.05) is 26.3 Å². The van der Waals surface area contributed by atoms with E-state index in [-0.39, 0.29) is 30.1 Å². The van der Waals surface area contributed by atoms with E-state index in [2.05, 4.69) is 5.32 Å². The number of carbonyl (C=O) groups excluding carboxylic acids is 2. The van der Waals surface area contributed by atoms with Gasteiger partial charge in [-0.2, -0.15) is 0 Å². The molecule has 41 heavy (non-hydrogen) atoms. The maximum absolute atomic E-state index is 13.9. The lowest BCUT2D eigenvalue weighted by Gasteiger charge is -2.28. The number of amides is 2. The number of ether oxygens (including phenoxy) is 1. The van der Waals surface area contributed by atoms with Gasteiger partial charge in [-0.3, -0.25) is 9.59 Å². The molecule has 1 unspecified atom stereocenters. The Morgan fingerprint density at radius 3 is 2.20 bits per heavy atom. The fourth-order valence-corrected chi connectivity index (χ4v) is 5.47. The number of nitrogens with one attached hydrogen (secondary N) is 1. The van der Waals surface area contributed by atoms with E-state index in [0.717, 1.165) is 56.7 Å². The molecule has 1 saturated carbocycles. The van der Waals surface area contributed by atoms with Gasteiger partial charge in [-0.05, 0) is 86.4 Å². The van der Waals surface area contributed by atoms with E-state index in [1.165, 1.54) is 6.07 Å². The first-order chi connectivity index (χ1) is 19.6. The fraction of sp³-hybridized carbons (Fsp3) is 0.562. The molecular weight excluding hydrogens is 530 g/mol. The highest BCUT2D eigenvalue weighted by atomic mass is 19.1. The van der Waals surface area contributed by atoms with Gasteiger partial charge in [0.15, 0.2) is 0 Å². The van der Waals surface area contributed by atoms with E-state index in [1.54, 1.807) is 24.0 Å². The van der Waals surface area contributed by atoms with Crippen LogP contribution >= 0.6 is 0 Å². The van der Waals surface area contributed by atoms with Crippen molar-refractivity contribution in [1.82, 2.24) is 10.2 Å². The van der Waals surface area contributed by atoms with Crippen molar-refractivity contribution in [3.05, 3.63) is 70.3 Å². The molecule has 9 heteroatoms. The molecule has 3 rings (SSSR count). The number of aliphatic hydroxyl groups excluding tert-OH is 2. The third-order valence-electron chi connectivity index (χ3n) is 7.48. The zero-order chi connectivity index (χ0) is 29.9. The predicted octanol–water partition coefficient (Wildman–Crippen LogP) is 4.81. The number of benzene rings is 2. The van der Waals surface area contributed by atoms with Gasteiger partial charge in [-0.1, -0.05) is 26.7 Å². The van der Waals surface area contributed by atoms with E-state index in [1.807, 2.05) is 13.8 Å². The second kappa shape index (κ2) is 15.9. The minimum atomic E-state index is -1.48. The van der Waals surface area contributed by atoms with E-state index in [9.17, 15) is 28.6 Å². The highest BCUT2D eigenvalue weighted by Gasteiger charge is 2.30. The highest BCUT2D eigenvalue weighted by molar-refractivity contribution is 6.00. The maximum Gasteiger partial charge on any atom is 0.253 e. The van der Waals surface area contributed by atoms with Gasteiger partial charge in [-0.25, -0.2) is 8.78 Å². The Kier molecular flexibility index (Phi) is 12.7. The first kappa shape index (κ1) is 32.6. The molecule has 7 nitrogen and oxygen atoms in total. The van der Waals surface area contributed by atoms with E-state index >= 15 is 0 Å². The van der Waals surface area contributed by atoms with Crippen molar-refractivity contribution in [3.8, 4) is 0 Å². The summed E-state index contributed by atoms with van der Waals surface area (Å²) >= 11 is 0. The molecule has 0 heterocycles. The van der Waals surface area contributed by atoms with Gasteiger partial charge in [0, 0.05) is 36.9 Å². The minimum absolute atomic E-state index is 0.139. The standard InChI is InChI=1S/C32H44F2N2O5/c1-4-10-36(11-5-2)32(40)25-13-21(3)12-24(17-25)31(39)35-28(16-23-14-26(33)18-27(34)15-23)30(38)29(37)20-41-19-22-8-6-7-9-22/h12-15,17-18,22,28-30,37-38H,4-11,16,19-20H2,1-3H3,(H,35,39)/t28-,29+,30?/m0/s1. The smallest absolute Gasteiger partial charge is 0.253 e. The number of carbonyl (C=O) groups is 2. The van der Waals surface area contributed by atoms with Crippen LogP contribution in [-0.2, 0) is 11.2 Å². The Morgan fingerprint density at radius 2 is 1.59 bits per heavy atom. The average Bonchev–Trinajstić information content (AvgIpc) is 3.44. The quantitative estimate of drug-likeness (QED) is 0.284. The van der Waals surface area contributed by atoms with Crippen LogP contribution in [0.4, 0.5) is 8.78 Å². The van der Waals surface area contributed by atoms with Gasteiger partial charge in [0.25, 0.3) is 11.8 Å². The molecule has 2 aromatic rings. The largest absolute Gasteiger partial charge is 0.388 e. The van der Waals surface area contributed by atoms with Crippen LogP contribution in [0.25, 0.3) is 0 Å². The number of rotatable bonds is 15. The molecule has 0 aromatic heterocycles. The van der Waals surface area contributed by atoms with Crippen LogP contribution in [0.15, 0.2) is 36.4 Å². The number of aliphatic hydroxyl groups is 2. The van der Waals surface area contributed by atoms with Crippen LogP contribution in [0.5, 0.6) is 0 Å². The van der Waals surface area contributed by atoms with Gasteiger partial charge >= 0.3 is 0 Å². The summed E-state index contributed by atoms with van der Waals surface area (Å²) in [6.07, 6.45) is 3.08. The van der Waals surface area contributed by atoms with Gasteiger partial charge in [0.1, 0.15) is 23.8 Å². The van der Waals surface area contributed by atoms with Gasteiger partial charge in [0.2, 0.25) is 0 Å².